The van der Waals surface area contributed by atoms with Gasteiger partial charge in [-0.15, -0.1) is 0 Å². The predicted octanol–water partition coefficient (Wildman–Crippen LogP) is 5.21. The fourth-order valence-electron chi connectivity index (χ4n) is 4.53. The smallest absolute Gasteiger partial charge is 0.264 e. The number of nitrogens with one attached hydrogen (secondary N) is 1. The summed E-state index contributed by atoms with van der Waals surface area (Å²) in [6.07, 6.45) is 3.73. The molecule has 39 heavy (non-hydrogen) atoms. The maximum absolute atomic E-state index is 13.5. The normalized spacial score (nSPS) is 15.1. The van der Waals surface area contributed by atoms with Crippen LogP contribution < -0.4 is 9.62 Å². The van der Waals surface area contributed by atoms with Gasteiger partial charge in [-0.25, -0.2) is 16.8 Å². The maximum Gasteiger partial charge on any atom is 0.264 e. The molecule has 0 aliphatic carbocycles. The topological polar surface area (TPSA) is 104 Å². The zero-order valence-corrected chi connectivity index (χ0v) is 23.9. The number of hydrogen-bond acceptors (Lipinski definition) is 5. The Hall–Kier alpha value is -3.21. The number of carbonyl (C=O) groups is 1. The fraction of sp³-hybridized carbons (Fsp3) is 0.345. The standard InChI is InChI=1S/C29H35N3O5S2/c1-23(2)24-12-16-26(17-13-24)32(39(36,37)27-10-6-5-7-11-27)22-29(33)30-25-14-18-28(19-15-25)38(34,35)31-20-8-3-4-9-21-31/h5-7,10-19,23H,3-4,8-9,20-22H2,1-2H3,(H,30,33). The second-order valence-electron chi connectivity index (χ2n) is 9.96. The van der Waals surface area contributed by atoms with Crippen molar-refractivity contribution in [3.8, 4) is 0 Å². The zero-order valence-electron chi connectivity index (χ0n) is 22.3. The van der Waals surface area contributed by atoms with Crippen LogP contribution in [0, 0.1) is 0 Å². The van der Waals surface area contributed by atoms with Gasteiger partial charge < -0.3 is 5.32 Å². The van der Waals surface area contributed by atoms with E-state index in [1.807, 2.05) is 26.0 Å². The van der Waals surface area contributed by atoms with E-state index < -0.39 is 32.5 Å². The van der Waals surface area contributed by atoms with Gasteiger partial charge in [0.15, 0.2) is 0 Å². The summed E-state index contributed by atoms with van der Waals surface area (Å²) in [6, 6.07) is 21.1. The van der Waals surface area contributed by atoms with E-state index in [-0.39, 0.29) is 15.7 Å². The Morgan fingerprint density at radius 3 is 1.95 bits per heavy atom. The fourth-order valence-corrected chi connectivity index (χ4v) is 7.49. The van der Waals surface area contributed by atoms with Crippen molar-refractivity contribution in [2.75, 3.05) is 29.3 Å². The molecule has 0 saturated carbocycles. The summed E-state index contributed by atoms with van der Waals surface area (Å²) in [5, 5.41) is 2.71. The van der Waals surface area contributed by atoms with E-state index in [1.54, 1.807) is 30.3 Å². The van der Waals surface area contributed by atoms with Gasteiger partial charge in [0.05, 0.1) is 15.5 Å². The summed E-state index contributed by atoms with van der Waals surface area (Å²) >= 11 is 0. The first-order chi connectivity index (χ1) is 18.6. The second-order valence-corrected chi connectivity index (χ2v) is 13.8. The van der Waals surface area contributed by atoms with E-state index >= 15 is 0 Å². The monoisotopic (exact) mass is 569 g/mol. The van der Waals surface area contributed by atoms with E-state index in [2.05, 4.69) is 5.32 Å². The highest BCUT2D eigenvalue weighted by Crippen LogP contribution is 2.26. The number of hydrogen-bond donors (Lipinski definition) is 1. The Morgan fingerprint density at radius 1 is 0.795 bits per heavy atom. The van der Waals surface area contributed by atoms with Gasteiger partial charge in [0, 0.05) is 18.8 Å². The Morgan fingerprint density at radius 2 is 1.38 bits per heavy atom. The van der Waals surface area contributed by atoms with Gasteiger partial charge in [-0.05, 0) is 72.9 Å². The van der Waals surface area contributed by atoms with Crippen molar-refractivity contribution in [2.45, 2.75) is 55.2 Å². The summed E-state index contributed by atoms with van der Waals surface area (Å²) in [6.45, 7) is 4.65. The van der Waals surface area contributed by atoms with E-state index in [0.29, 0.717) is 24.5 Å². The van der Waals surface area contributed by atoms with E-state index in [4.69, 9.17) is 0 Å². The van der Waals surface area contributed by atoms with Crippen molar-refractivity contribution in [2.24, 2.45) is 0 Å². The first-order valence-corrected chi connectivity index (χ1v) is 16.0. The lowest BCUT2D eigenvalue weighted by atomic mass is 10.0. The number of nitrogens with zero attached hydrogens (tertiary/aromatic N) is 2. The van der Waals surface area contributed by atoms with Gasteiger partial charge in [0.2, 0.25) is 15.9 Å². The molecule has 3 aromatic carbocycles. The number of rotatable bonds is 9. The molecule has 1 aliphatic heterocycles. The lowest BCUT2D eigenvalue weighted by molar-refractivity contribution is -0.114. The Labute approximate surface area is 231 Å². The highest BCUT2D eigenvalue weighted by Gasteiger charge is 2.28. The van der Waals surface area contributed by atoms with E-state index in [0.717, 1.165) is 35.6 Å². The Kier molecular flexibility index (Phi) is 9.09. The molecule has 208 valence electrons. The Bertz CT molecular complexity index is 1460. The third-order valence-electron chi connectivity index (χ3n) is 6.81. The summed E-state index contributed by atoms with van der Waals surface area (Å²) in [4.78, 5) is 13.3. The molecule has 1 aliphatic rings. The van der Waals surface area contributed by atoms with Crippen LogP contribution in [0.25, 0.3) is 0 Å². The molecule has 0 radical (unpaired) electrons. The quantitative estimate of drug-likeness (QED) is 0.381. The third kappa shape index (κ3) is 6.87. The van der Waals surface area contributed by atoms with Gasteiger partial charge in [0.1, 0.15) is 6.54 Å². The van der Waals surface area contributed by atoms with Crippen LogP contribution in [0.15, 0.2) is 88.7 Å². The average Bonchev–Trinajstić information content (AvgIpc) is 3.23. The minimum Gasteiger partial charge on any atom is -0.325 e. The highest BCUT2D eigenvalue weighted by molar-refractivity contribution is 7.92. The Balaban J connectivity index is 1.53. The van der Waals surface area contributed by atoms with Crippen LogP contribution in [0.2, 0.25) is 0 Å². The molecule has 4 rings (SSSR count). The summed E-state index contributed by atoms with van der Waals surface area (Å²) in [7, 11) is -7.64. The average molecular weight is 570 g/mol. The van der Waals surface area contributed by atoms with Gasteiger partial charge in [-0.2, -0.15) is 4.31 Å². The van der Waals surface area contributed by atoms with Gasteiger partial charge in [-0.3, -0.25) is 9.10 Å². The van der Waals surface area contributed by atoms with E-state index in [9.17, 15) is 21.6 Å². The van der Waals surface area contributed by atoms with E-state index in [1.165, 1.54) is 40.7 Å². The van der Waals surface area contributed by atoms with Crippen LogP contribution in [0.4, 0.5) is 11.4 Å². The molecule has 1 amide bonds. The molecule has 3 aromatic rings. The third-order valence-corrected chi connectivity index (χ3v) is 10.5. The van der Waals surface area contributed by atoms with Crippen LogP contribution in [-0.2, 0) is 24.8 Å². The molecule has 8 nitrogen and oxygen atoms in total. The minimum absolute atomic E-state index is 0.0776. The number of anilines is 2. The molecule has 1 N–H and O–H groups in total. The summed E-state index contributed by atoms with van der Waals surface area (Å²) in [5.41, 5.74) is 1.80. The number of sulfonamides is 2. The molecule has 1 heterocycles. The largest absolute Gasteiger partial charge is 0.325 e. The van der Waals surface area contributed by atoms with Crippen LogP contribution in [0.1, 0.15) is 51.0 Å². The lowest BCUT2D eigenvalue weighted by Gasteiger charge is -2.24. The molecule has 1 saturated heterocycles. The van der Waals surface area contributed by atoms with Crippen molar-refractivity contribution in [1.29, 1.82) is 0 Å². The van der Waals surface area contributed by atoms with Gasteiger partial charge in [0.25, 0.3) is 10.0 Å². The first-order valence-electron chi connectivity index (χ1n) is 13.2. The van der Waals surface area contributed by atoms with Gasteiger partial charge in [-0.1, -0.05) is 57.0 Å². The first kappa shape index (κ1) is 28.8. The van der Waals surface area contributed by atoms with Gasteiger partial charge >= 0.3 is 0 Å². The van der Waals surface area contributed by atoms with Crippen LogP contribution in [-0.4, -0.2) is 46.7 Å². The number of carbonyl (C=O) groups excluding carboxylic acids is 1. The maximum atomic E-state index is 13.5. The molecule has 10 heteroatoms. The number of amides is 1. The van der Waals surface area contributed by atoms with Crippen molar-refractivity contribution >= 4 is 37.3 Å². The van der Waals surface area contributed by atoms with Crippen LogP contribution in [0.3, 0.4) is 0 Å². The SMILES string of the molecule is CC(C)c1ccc(N(CC(=O)Nc2ccc(S(=O)(=O)N3CCCCCC3)cc2)S(=O)(=O)c2ccccc2)cc1. The minimum atomic E-state index is -4.03. The molecule has 0 aromatic heterocycles. The molecule has 0 bridgehead atoms. The number of benzene rings is 3. The van der Waals surface area contributed by atoms with Crippen molar-refractivity contribution in [3.05, 3.63) is 84.4 Å². The molecule has 1 fully saturated rings. The second kappa shape index (κ2) is 12.3. The molecular formula is C29H35N3O5S2. The predicted molar refractivity (Wildman–Crippen MR) is 154 cm³/mol. The van der Waals surface area contributed by atoms with Crippen molar-refractivity contribution in [1.82, 2.24) is 4.31 Å². The van der Waals surface area contributed by atoms with Crippen LogP contribution in [0.5, 0.6) is 0 Å². The summed E-state index contributed by atoms with van der Waals surface area (Å²) in [5.74, 6) is -0.279. The van der Waals surface area contributed by atoms with Crippen molar-refractivity contribution < 1.29 is 21.6 Å². The van der Waals surface area contributed by atoms with Crippen molar-refractivity contribution in [3.63, 3.8) is 0 Å². The zero-order chi connectivity index (χ0) is 28.0. The molecule has 0 atom stereocenters. The molecule has 0 unspecified atom stereocenters. The summed E-state index contributed by atoms with van der Waals surface area (Å²) < 4.78 is 55.8. The molecule has 0 spiro atoms. The molecular weight excluding hydrogens is 534 g/mol. The lowest BCUT2D eigenvalue weighted by Crippen LogP contribution is -2.38. The van der Waals surface area contributed by atoms with Crippen LogP contribution >= 0.6 is 0 Å². The highest BCUT2D eigenvalue weighted by atomic mass is 32.2.